The maximum atomic E-state index is 13.6. The molecule has 110 valence electrons. The van der Waals surface area contributed by atoms with Crippen LogP contribution in [0.25, 0.3) is 0 Å². The van der Waals surface area contributed by atoms with Crippen molar-refractivity contribution in [2.24, 2.45) is 5.92 Å². The van der Waals surface area contributed by atoms with Crippen LogP contribution < -0.4 is 5.32 Å². The maximum absolute atomic E-state index is 13.6. The molecule has 0 atom stereocenters. The molecule has 1 aromatic carbocycles. The van der Waals surface area contributed by atoms with Gasteiger partial charge in [0.1, 0.15) is 5.82 Å². The zero-order chi connectivity index (χ0) is 14.8. The number of benzene rings is 1. The van der Waals surface area contributed by atoms with E-state index in [1.807, 2.05) is 0 Å². The predicted octanol–water partition coefficient (Wildman–Crippen LogP) is 2.67. The molecule has 0 spiro atoms. The summed E-state index contributed by atoms with van der Waals surface area (Å²) in [7, 11) is 1.21. The van der Waals surface area contributed by atoms with Crippen LogP contribution in [-0.2, 0) is 9.05 Å². The van der Waals surface area contributed by atoms with E-state index in [1.54, 1.807) is 0 Å². The third kappa shape index (κ3) is 3.70. The molecule has 0 unspecified atom stereocenters. The first-order valence-electron chi connectivity index (χ1n) is 6.40. The van der Waals surface area contributed by atoms with Crippen molar-refractivity contribution < 1.29 is 17.6 Å². The first kappa shape index (κ1) is 15.3. The van der Waals surface area contributed by atoms with E-state index in [0.29, 0.717) is 12.5 Å². The number of halogens is 2. The van der Waals surface area contributed by atoms with E-state index in [0.717, 1.165) is 43.9 Å². The fourth-order valence-corrected chi connectivity index (χ4v) is 3.15. The van der Waals surface area contributed by atoms with E-state index in [-0.39, 0.29) is 10.5 Å². The molecule has 1 saturated carbocycles. The van der Waals surface area contributed by atoms with Crippen molar-refractivity contribution in [3.8, 4) is 0 Å². The Bertz CT molecular complexity index is 612. The van der Waals surface area contributed by atoms with Crippen LogP contribution in [0.4, 0.5) is 4.39 Å². The van der Waals surface area contributed by atoms with Crippen LogP contribution >= 0.6 is 10.7 Å². The van der Waals surface area contributed by atoms with Gasteiger partial charge in [0, 0.05) is 17.2 Å². The lowest BCUT2D eigenvalue weighted by atomic mass is 10.1. The third-order valence-electron chi connectivity index (χ3n) is 3.49. The van der Waals surface area contributed by atoms with Crippen LogP contribution in [0, 0.1) is 11.7 Å². The Morgan fingerprint density at radius 3 is 2.60 bits per heavy atom. The molecule has 7 heteroatoms. The molecule has 0 aliphatic heterocycles. The minimum Gasteiger partial charge on any atom is -0.352 e. The van der Waals surface area contributed by atoms with Gasteiger partial charge in [0.15, 0.2) is 0 Å². The lowest BCUT2D eigenvalue weighted by molar-refractivity contribution is 0.0943. The molecule has 1 fully saturated rings. The third-order valence-corrected chi connectivity index (χ3v) is 4.84. The smallest absolute Gasteiger partial charge is 0.261 e. The van der Waals surface area contributed by atoms with Crippen LogP contribution in [0.3, 0.4) is 0 Å². The fourth-order valence-electron chi connectivity index (χ4n) is 2.38. The largest absolute Gasteiger partial charge is 0.352 e. The Labute approximate surface area is 121 Å². The maximum Gasteiger partial charge on any atom is 0.261 e. The van der Waals surface area contributed by atoms with E-state index in [4.69, 9.17) is 10.7 Å². The van der Waals surface area contributed by atoms with Gasteiger partial charge < -0.3 is 5.32 Å². The molecule has 1 aliphatic rings. The van der Waals surface area contributed by atoms with Crippen LogP contribution in [0.15, 0.2) is 23.1 Å². The Balaban J connectivity index is 2.12. The summed E-state index contributed by atoms with van der Waals surface area (Å²) in [6, 6.07) is 2.92. The highest BCUT2D eigenvalue weighted by Crippen LogP contribution is 2.24. The predicted molar refractivity (Wildman–Crippen MR) is 73.7 cm³/mol. The van der Waals surface area contributed by atoms with E-state index in [2.05, 4.69) is 5.32 Å². The van der Waals surface area contributed by atoms with Crippen molar-refractivity contribution in [1.82, 2.24) is 5.32 Å². The SMILES string of the molecule is O=C(NCC1CCCC1)c1cc(S(=O)(=O)Cl)ccc1F. The summed E-state index contributed by atoms with van der Waals surface area (Å²) in [6.07, 6.45) is 4.40. The second kappa shape index (κ2) is 6.10. The van der Waals surface area contributed by atoms with Gasteiger partial charge in [-0.2, -0.15) is 0 Å². The van der Waals surface area contributed by atoms with Gasteiger partial charge in [-0.1, -0.05) is 12.8 Å². The molecule has 0 radical (unpaired) electrons. The molecule has 1 aliphatic carbocycles. The number of carbonyl (C=O) groups is 1. The molecule has 0 aromatic heterocycles. The van der Waals surface area contributed by atoms with Gasteiger partial charge in [-0.15, -0.1) is 0 Å². The summed E-state index contributed by atoms with van der Waals surface area (Å²) < 4.78 is 36.0. The van der Waals surface area contributed by atoms with Crippen molar-refractivity contribution in [3.05, 3.63) is 29.6 Å². The Morgan fingerprint density at radius 1 is 1.35 bits per heavy atom. The highest BCUT2D eigenvalue weighted by molar-refractivity contribution is 8.13. The number of rotatable bonds is 4. The topological polar surface area (TPSA) is 63.2 Å². The summed E-state index contributed by atoms with van der Waals surface area (Å²) in [5.74, 6) is -0.962. The van der Waals surface area contributed by atoms with Crippen LogP contribution in [0.2, 0.25) is 0 Å². The van der Waals surface area contributed by atoms with E-state index in [1.165, 1.54) is 0 Å². The Hall–Kier alpha value is -1.14. The fraction of sp³-hybridized carbons (Fsp3) is 0.462. The van der Waals surface area contributed by atoms with Crippen LogP contribution in [0.5, 0.6) is 0 Å². The average Bonchev–Trinajstić information content (AvgIpc) is 2.88. The van der Waals surface area contributed by atoms with E-state index < -0.39 is 20.8 Å². The van der Waals surface area contributed by atoms with Gasteiger partial charge in [0.25, 0.3) is 15.0 Å². The number of nitrogens with one attached hydrogen (secondary N) is 1. The summed E-state index contributed by atoms with van der Waals surface area (Å²) in [5, 5.41) is 2.64. The summed E-state index contributed by atoms with van der Waals surface area (Å²) in [6.45, 7) is 0.482. The highest BCUT2D eigenvalue weighted by atomic mass is 35.7. The summed E-state index contributed by atoms with van der Waals surface area (Å²) in [4.78, 5) is 11.6. The molecule has 20 heavy (non-hydrogen) atoms. The number of carbonyl (C=O) groups excluding carboxylic acids is 1. The van der Waals surface area contributed by atoms with Crippen LogP contribution in [-0.4, -0.2) is 20.9 Å². The van der Waals surface area contributed by atoms with Crippen LogP contribution in [0.1, 0.15) is 36.0 Å². The Kier molecular flexibility index (Phi) is 4.65. The van der Waals surface area contributed by atoms with Gasteiger partial charge in [0.2, 0.25) is 0 Å². The molecule has 1 N–H and O–H groups in total. The van der Waals surface area contributed by atoms with Crippen molar-refractivity contribution in [1.29, 1.82) is 0 Å². The molecular weight excluding hydrogens is 305 g/mol. The van der Waals surface area contributed by atoms with E-state index in [9.17, 15) is 17.6 Å². The zero-order valence-electron chi connectivity index (χ0n) is 10.7. The molecule has 1 aromatic rings. The number of hydrogen-bond donors (Lipinski definition) is 1. The van der Waals surface area contributed by atoms with Gasteiger partial charge in [-0.3, -0.25) is 4.79 Å². The monoisotopic (exact) mass is 319 g/mol. The Morgan fingerprint density at radius 2 is 2.00 bits per heavy atom. The molecule has 2 rings (SSSR count). The lowest BCUT2D eigenvalue weighted by Gasteiger charge is -2.11. The number of hydrogen-bond acceptors (Lipinski definition) is 3. The molecular formula is C13H15ClFNO3S. The molecule has 1 amide bonds. The highest BCUT2D eigenvalue weighted by Gasteiger charge is 2.20. The molecule has 0 heterocycles. The first-order valence-corrected chi connectivity index (χ1v) is 8.71. The minimum atomic E-state index is -3.98. The lowest BCUT2D eigenvalue weighted by Crippen LogP contribution is -2.29. The second-order valence-electron chi connectivity index (χ2n) is 4.94. The van der Waals surface area contributed by atoms with Crippen molar-refractivity contribution in [2.75, 3.05) is 6.54 Å². The minimum absolute atomic E-state index is 0.286. The average molecular weight is 320 g/mol. The van der Waals surface area contributed by atoms with Crippen molar-refractivity contribution in [3.63, 3.8) is 0 Å². The van der Waals surface area contributed by atoms with Gasteiger partial charge in [-0.05, 0) is 37.0 Å². The quantitative estimate of drug-likeness (QED) is 0.868. The number of amides is 1. The molecule has 0 saturated heterocycles. The van der Waals surface area contributed by atoms with E-state index >= 15 is 0 Å². The zero-order valence-corrected chi connectivity index (χ0v) is 12.3. The normalized spacial score (nSPS) is 16.3. The molecule has 0 bridgehead atoms. The first-order chi connectivity index (χ1) is 9.38. The summed E-state index contributed by atoms with van der Waals surface area (Å²) >= 11 is 0. The van der Waals surface area contributed by atoms with Crippen molar-refractivity contribution >= 4 is 25.6 Å². The van der Waals surface area contributed by atoms with Crippen molar-refractivity contribution in [2.45, 2.75) is 30.6 Å². The standard InChI is InChI=1S/C13H15ClFNO3S/c14-20(18,19)10-5-6-12(15)11(7-10)13(17)16-8-9-3-1-2-4-9/h5-7,9H,1-4,8H2,(H,16,17). The van der Waals surface area contributed by atoms with Gasteiger partial charge in [-0.25, -0.2) is 12.8 Å². The van der Waals surface area contributed by atoms with Gasteiger partial charge >= 0.3 is 0 Å². The summed E-state index contributed by atoms with van der Waals surface area (Å²) in [5.41, 5.74) is -0.301. The molecule has 4 nitrogen and oxygen atoms in total. The second-order valence-corrected chi connectivity index (χ2v) is 7.51. The van der Waals surface area contributed by atoms with Gasteiger partial charge in [0.05, 0.1) is 10.5 Å².